The van der Waals surface area contributed by atoms with Crippen LogP contribution in [0.4, 0.5) is 0 Å². The molecule has 0 radical (unpaired) electrons. The average molecular weight is 251 g/mol. The molecule has 1 aliphatic heterocycles. The SMILES string of the molecule is c1ccc(CC2(c3ccccc3)CCCCN2)cc1. The first-order valence-electron chi connectivity index (χ1n) is 7.24. The molecule has 1 saturated heterocycles. The summed E-state index contributed by atoms with van der Waals surface area (Å²) in [5.74, 6) is 0. The smallest absolute Gasteiger partial charge is 0.0475 e. The number of hydrogen-bond donors (Lipinski definition) is 1. The molecule has 0 aliphatic carbocycles. The molecule has 1 N–H and O–H groups in total. The van der Waals surface area contributed by atoms with Gasteiger partial charge in [-0.3, -0.25) is 0 Å². The van der Waals surface area contributed by atoms with Crippen LogP contribution < -0.4 is 5.32 Å². The van der Waals surface area contributed by atoms with E-state index in [2.05, 4.69) is 66.0 Å². The molecule has 1 aliphatic rings. The van der Waals surface area contributed by atoms with Gasteiger partial charge in [0.2, 0.25) is 0 Å². The molecule has 98 valence electrons. The molecule has 1 atom stereocenters. The molecule has 3 rings (SSSR count). The molecule has 0 amide bonds. The van der Waals surface area contributed by atoms with E-state index in [1.165, 1.54) is 30.4 Å². The van der Waals surface area contributed by atoms with Gasteiger partial charge in [0.05, 0.1) is 0 Å². The van der Waals surface area contributed by atoms with Crippen LogP contribution in [0, 0.1) is 0 Å². The van der Waals surface area contributed by atoms with Crippen LogP contribution in [0.5, 0.6) is 0 Å². The van der Waals surface area contributed by atoms with E-state index in [0.717, 1.165) is 13.0 Å². The van der Waals surface area contributed by atoms with Crippen molar-refractivity contribution >= 4 is 0 Å². The first-order valence-corrected chi connectivity index (χ1v) is 7.24. The monoisotopic (exact) mass is 251 g/mol. The van der Waals surface area contributed by atoms with Crippen molar-refractivity contribution in [2.45, 2.75) is 31.2 Å². The zero-order valence-electron chi connectivity index (χ0n) is 11.3. The Balaban J connectivity index is 1.93. The summed E-state index contributed by atoms with van der Waals surface area (Å²) < 4.78 is 0. The van der Waals surface area contributed by atoms with Crippen molar-refractivity contribution in [1.29, 1.82) is 0 Å². The molecule has 1 fully saturated rings. The Bertz CT molecular complexity index is 498. The van der Waals surface area contributed by atoms with Crippen molar-refractivity contribution < 1.29 is 0 Å². The Hall–Kier alpha value is -1.60. The fraction of sp³-hybridized carbons (Fsp3) is 0.333. The van der Waals surface area contributed by atoms with Crippen LogP contribution in [-0.2, 0) is 12.0 Å². The van der Waals surface area contributed by atoms with Gasteiger partial charge in [-0.2, -0.15) is 0 Å². The highest BCUT2D eigenvalue weighted by atomic mass is 15.0. The Kier molecular flexibility index (Phi) is 3.65. The Morgan fingerprint density at radius 1 is 0.842 bits per heavy atom. The predicted octanol–water partition coefficient (Wildman–Crippen LogP) is 3.90. The zero-order chi connectivity index (χ0) is 13.0. The molecular weight excluding hydrogens is 230 g/mol. The second-order valence-electron chi connectivity index (χ2n) is 5.49. The molecule has 0 saturated carbocycles. The second kappa shape index (κ2) is 5.58. The van der Waals surface area contributed by atoms with Crippen molar-refractivity contribution in [3.8, 4) is 0 Å². The Labute approximate surface area is 115 Å². The van der Waals surface area contributed by atoms with E-state index in [9.17, 15) is 0 Å². The van der Waals surface area contributed by atoms with Gasteiger partial charge in [0.15, 0.2) is 0 Å². The van der Waals surface area contributed by atoms with Gasteiger partial charge in [-0.25, -0.2) is 0 Å². The lowest BCUT2D eigenvalue weighted by Crippen LogP contribution is -2.47. The van der Waals surface area contributed by atoms with Gasteiger partial charge >= 0.3 is 0 Å². The molecule has 0 bridgehead atoms. The van der Waals surface area contributed by atoms with E-state index in [1.807, 2.05) is 0 Å². The number of benzene rings is 2. The average Bonchev–Trinajstić information content (AvgIpc) is 2.50. The van der Waals surface area contributed by atoms with Crippen LogP contribution in [-0.4, -0.2) is 6.54 Å². The van der Waals surface area contributed by atoms with Gasteiger partial charge in [-0.15, -0.1) is 0 Å². The van der Waals surface area contributed by atoms with E-state index < -0.39 is 0 Å². The van der Waals surface area contributed by atoms with Gasteiger partial charge in [-0.05, 0) is 43.4 Å². The Morgan fingerprint density at radius 3 is 2.16 bits per heavy atom. The topological polar surface area (TPSA) is 12.0 Å². The van der Waals surface area contributed by atoms with E-state index in [0.29, 0.717) is 0 Å². The van der Waals surface area contributed by atoms with Gasteiger partial charge in [0, 0.05) is 5.54 Å². The maximum atomic E-state index is 3.80. The zero-order valence-corrected chi connectivity index (χ0v) is 11.3. The van der Waals surface area contributed by atoms with Crippen molar-refractivity contribution in [3.63, 3.8) is 0 Å². The molecule has 0 spiro atoms. The third-order valence-electron chi connectivity index (χ3n) is 4.17. The summed E-state index contributed by atoms with van der Waals surface area (Å²) in [6.45, 7) is 1.13. The van der Waals surface area contributed by atoms with Crippen LogP contribution in [0.15, 0.2) is 60.7 Å². The van der Waals surface area contributed by atoms with Crippen molar-refractivity contribution in [2.75, 3.05) is 6.54 Å². The number of piperidine rings is 1. The first-order chi connectivity index (χ1) is 9.39. The summed E-state index contributed by atoms with van der Waals surface area (Å²) in [4.78, 5) is 0. The maximum Gasteiger partial charge on any atom is 0.0475 e. The van der Waals surface area contributed by atoms with E-state index in [-0.39, 0.29) is 5.54 Å². The van der Waals surface area contributed by atoms with E-state index in [4.69, 9.17) is 0 Å². The Morgan fingerprint density at radius 2 is 1.53 bits per heavy atom. The van der Waals surface area contributed by atoms with Gasteiger partial charge in [0.1, 0.15) is 0 Å². The molecular formula is C18H21N. The highest BCUT2D eigenvalue weighted by Crippen LogP contribution is 2.33. The highest BCUT2D eigenvalue weighted by molar-refractivity contribution is 5.29. The molecule has 2 aromatic carbocycles. The summed E-state index contributed by atoms with van der Waals surface area (Å²) >= 11 is 0. The molecule has 1 heteroatoms. The lowest BCUT2D eigenvalue weighted by Gasteiger charge is -2.39. The molecule has 1 nitrogen and oxygen atoms in total. The molecule has 1 unspecified atom stereocenters. The summed E-state index contributed by atoms with van der Waals surface area (Å²) in [6, 6.07) is 21.8. The fourth-order valence-electron chi connectivity index (χ4n) is 3.17. The quantitative estimate of drug-likeness (QED) is 0.872. The van der Waals surface area contributed by atoms with Gasteiger partial charge in [-0.1, -0.05) is 60.7 Å². The van der Waals surface area contributed by atoms with Crippen LogP contribution in [0.3, 0.4) is 0 Å². The first kappa shape index (κ1) is 12.4. The minimum absolute atomic E-state index is 0.126. The number of rotatable bonds is 3. The van der Waals surface area contributed by atoms with E-state index >= 15 is 0 Å². The molecule has 0 aromatic heterocycles. The summed E-state index contributed by atoms with van der Waals surface area (Å²) in [5.41, 5.74) is 2.97. The van der Waals surface area contributed by atoms with Gasteiger partial charge in [0.25, 0.3) is 0 Å². The largest absolute Gasteiger partial charge is 0.307 e. The third kappa shape index (κ3) is 2.71. The van der Waals surface area contributed by atoms with Crippen molar-refractivity contribution in [3.05, 3.63) is 71.8 Å². The van der Waals surface area contributed by atoms with Crippen molar-refractivity contribution in [2.24, 2.45) is 0 Å². The minimum Gasteiger partial charge on any atom is -0.307 e. The molecule has 2 aromatic rings. The standard InChI is InChI=1S/C18H21N/c1-3-9-16(10-4-1)15-18(13-7-8-14-19-18)17-11-5-2-6-12-17/h1-6,9-12,19H,7-8,13-15H2. The third-order valence-corrected chi connectivity index (χ3v) is 4.17. The predicted molar refractivity (Wildman–Crippen MR) is 80.1 cm³/mol. The van der Waals surface area contributed by atoms with Crippen LogP contribution >= 0.6 is 0 Å². The van der Waals surface area contributed by atoms with Crippen molar-refractivity contribution in [1.82, 2.24) is 5.32 Å². The fourth-order valence-corrected chi connectivity index (χ4v) is 3.17. The maximum absolute atomic E-state index is 3.80. The molecule has 1 heterocycles. The normalized spacial score (nSPS) is 23.2. The van der Waals surface area contributed by atoms with Crippen LogP contribution in [0.25, 0.3) is 0 Å². The molecule has 19 heavy (non-hydrogen) atoms. The number of hydrogen-bond acceptors (Lipinski definition) is 1. The summed E-state index contributed by atoms with van der Waals surface area (Å²) in [6.07, 6.45) is 4.92. The van der Waals surface area contributed by atoms with Crippen LogP contribution in [0.1, 0.15) is 30.4 Å². The van der Waals surface area contributed by atoms with E-state index in [1.54, 1.807) is 0 Å². The van der Waals surface area contributed by atoms with Crippen LogP contribution in [0.2, 0.25) is 0 Å². The second-order valence-corrected chi connectivity index (χ2v) is 5.49. The number of nitrogens with one attached hydrogen (secondary N) is 1. The minimum atomic E-state index is 0.126. The lowest BCUT2D eigenvalue weighted by atomic mass is 9.78. The highest BCUT2D eigenvalue weighted by Gasteiger charge is 2.33. The summed E-state index contributed by atoms with van der Waals surface area (Å²) in [5, 5.41) is 3.80. The lowest BCUT2D eigenvalue weighted by molar-refractivity contribution is 0.255. The van der Waals surface area contributed by atoms with Gasteiger partial charge < -0.3 is 5.32 Å². The summed E-state index contributed by atoms with van der Waals surface area (Å²) in [7, 11) is 0.